The average Bonchev–Trinajstić information content (AvgIpc) is 2.72. The summed E-state index contributed by atoms with van der Waals surface area (Å²) in [4.78, 5) is 18.8. The summed E-state index contributed by atoms with van der Waals surface area (Å²) in [6.45, 7) is 1.36. The second kappa shape index (κ2) is 9.48. The van der Waals surface area contributed by atoms with Crippen LogP contribution in [0.5, 0.6) is 0 Å². The van der Waals surface area contributed by atoms with Crippen LogP contribution in [-0.2, 0) is 19.5 Å². The number of urea groups is 1. The third kappa shape index (κ3) is 5.92. The van der Waals surface area contributed by atoms with Crippen molar-refractivity contribution in [1.82, 2.24) is 15.2 Å². The third-order valence-corrected chi connectivity index (χ3v) is 4.24. The Morgan fingerprint density at radius 1 is 0.926 bits per heavy atom. The number of rotatable bonds is 7. The fourth-order valence-corrected chi connectivity index (χ4v) is 2.74. The Balaban J connectivity index is 1.63. The minimum absolute atomic E-state index is 0.166. The quantitative estimate of drug-likeness (QED) is 0.685. The molecule has 3 rings (SSSR count). The molecule has 2 amide bonds. The Bertz CT molecular complexity index is 838. The number of carbonyl (C=O) groups is 1. The number of hydrogen-bond acceptors (Lipinski definition) is 2. The van der Waals surface area contributed by atoms with Crippen molar-refractivity contribution in [1.29, 1.82) is 0 Å². The number of halogens is 1. The normalized spacial score (nSPS) is 10.4. The van der Waals surface area contributed by atoms with E-state index in [1.165, 1.54) is 17.7 Å². The first-order valence-electron chi connectivity index (χ1n) is 8.92. The summed E-state index contributed by atoms with van der Waals surface area (Å²) in [6, 6.07) is 21.7. The average molecular weight is 363 g/mol. The van der Waals surface area contributed by atoms with Crippen LogP contribution in [-0.4, -0.2) is 22.5 Å². The molecule has 0 saturated carbocycles. The Kier molecular flexibility index (Phi) is 6.52. The maximum atomic E-state index is 13.0. The van der Waals surface area contributed by atoms with Gasteiger partial charge in [0.05, 0.1) is 12.2 Å². The number of amides is 2. The molecule has 0 spiro atoms. The standard InChI is InChI=1S/C22H22FN3O/c23-20-11-9-19(10-12-20)16-25-22(27)26(17-21-8-4-5-14-24-21)15-13-18-6-2-1-3-7-18/h1-12,14H,13,15-17H2,(H,25,27). The fourth-order valence-electron chi connectivity index (χ4n) is 2.74. The Morgan fingerprint density at radius 2 is 1.67 bits per heavy atom. The van der Waals surface area contributed by atoms with Gasteiger partial charge in [-0.3, -0.25) is 4.98 Å². The lowest BCUT2D eigenvalue weighted by atomic mass is 10.1. The summed E-state index contributed by atoms with van der Waals surface area (Å²) >= 11 is 0. The number of pyridine rings is 1. The smallest absolute Gasteiger partial charge is 0.318 e. The van der Waals surface area contributed by atoms with E-state index in [0.29, 0.717) is 19.6 Å². The highest BCUT2D eigenvalue weighted by Gasteiger charge is 2.14. The van der Waals surface area contributed by atoms with Gasteiger partial charge in [0.15, 0.2) is 0 Å². The van der Waals surface area contributed by atoms with Crippen LogP contribution in [0.3, 0.4) is 0 Å². The molecule has 1 N–H and O–H groups in total. The lowest BCUT2D eigenvalue weighted by Crippen LogP contribution is -2.40. The lowest BCUT2D eigenvalue weighted by Gasteiger charge is -2.23. The molecule has 2 aromatic carbocycles. The minimum atomic E-state index is -0.287. The molecule has 0 saturated heterocycles. The number of nitrogens with one attached hydrogen (secondary N) is 1. The Labute approximate surface area is 158 Å². The van der Waals surface area contributed by atoms with Crippen LogP contribution < -0.4 is 5.32 Å². The molecular weight excluding hydrogens is 341 g/mol. The number of nitrogens with zero attached hydrogens (tertiary/aromatic N) is 2. The van der Waals surface area contributed by atoms with E-state index in [4.69, 9.17) is 0 Å². The van der Waals surface area contributed by atoms with Crippen molar-refractivity contribution in [3.8, 4) is 0 Å². The van der Waals surface area contributed by atoms with Crippen molar-refractivity contribution in [2.24, 2.45) is 0 Å². The summed E-state index contributed by atoms with van der Waals surface area (Å²) in [5.41, 5.74) is 2.86. The van der Waals surface area contributed by atoms with E-state index >= 15 is 0 Å². The number of aromatic nitrogens is 1. The summed E-state index contributed by atoms with van der Waals surface area (Å²) in [5.74, 6) is -0.287. The predicted molar refractivity (Wildman–Crippen MR) is 103 cm³/mol. The zero-order valence-electron chi connectivity index (χ0n) is 15.0. The zero-order valence-corrected chi connectivity index (χ0v) is 15.0. The van der Waals surface area contributed by atoms with Crippen LogP contribution in [0.2, 0.25) is 0 Å². The molecule has 27 heavy (non-hydrogen) atoms. The van der Waals surface area contributed by atoms with E-state index < -0.39 is 0 Å². The van der Waals surface area contributed by atoms with Crippen molar-refractivity contribution in [2.75, 3.05) is 6.54 Å². The van der Waals surface area contributed by atoms with Gasteiger partial charge < -0.3 is 10.2 Å². The molecule has 0 atom stereocenters. The van der Waals surface area contributed by atoms with Crippen LogP contribution in [0.25, 0.3) is 0 Å². The fraction of sp³-hybridized carbons (Fsp3) is 0.182. The van der Waals surface area contributed by atoms with Gasteiger partial charge in [-0.05, 0) is 41.8 Å². The summed E-state index contributed by atoms with van der Waals surface area (Å²) in [7, 11) is 0. The molecule has 0 bridgehead atoms. The van der Waals surface area contributed by atoms with Crippen LogP contribution in [0.4, 0.5) is 9.18 Å². The van der Waals surface area contributed by atoms with E-state index in [-0.39, 0.29) is 11.8 Å². The number of hydrogen-bond donors (Lipinski definition) is 1. The van der Waals surface area contributed by atoms with Crippen LogP contribution in [0.15, 0.2) is 79.0 Å². The van der Waals surface area contributed by atoms with Gasteiger partial charge >= 0.3 is 6.03 Å². The van der Waals surface area contributed by atoms with Gasteiger partial charge in [-0.1, -0.05) is 48.5 Å². The molecule has 4 nitrogen and oxygen atoms in total. The molecular formula is C22H22FN3O. The Morgan fingerprint density at radius 3 is 2.37 bits per heavy atom. The van der Waals surface area contributed by atoms with Crippen molar-refractivity contribution >= 4 is 6.03 Å². The lowest BCUT2D eigenvalue weighted by molar-refractivity contribution is 0.194. The molecule has 0 aliphatic carbocycles. The first-order valence-corrected chi connectivity index (χ1v) is 8.92. The van der Waals surface area contributed by atoms with E-state index in [1.54, 1.807) is 23.2 Å². The maximum absolute atomic E-state index is 13.0. The molecule has 5 heteroatoms. The second-order valence-electron chi connectivity index (χ2n) is 6.26. The first kappa shape index (κ1) is 18.6. The summed E-state index contributed by atoms with van der Waals surface area (Å²) < 4.78 is 13.0. The van der Waals surface area contributed by atoms with Crippen LogP contribution >= 0.6 is 0 Å². The largest absolute Gasteiger partial charge is 0.334 e. The molecule has 1 aromatic heterocycles. The van der Waals surface area contributed by atoms with E-state index in [2.05, 4.69) is 22.4 Å². The van der Waals surface area contributed by atoms with Gasteiger partial charge in [-0.25, -0.2) is 9.18 Å². The number of benzene rings is 2. The van der Waals surface area contributed by atoms with E-state index in [9.17, 15) is 9.18 Å². The van der Waals surface area contributed by atoms with Gasteiger partial charge in [-0.15, -0.1) is 0 Å². The van der Waals surface area contributed by atoms with Crippen molar-refractivity contribution in [3.05, 3.63) is 102 Å². The molecule has 0 fully saturated rings. The van der Waals surface area contributed by atoms with Gasteiger partial charge in [0.25, 0.3) is 0 Å². The topological polar surface area (TPSA) is 45.2 Å². The zero-order chi connectivity index (χ0) is 18.9. The van der Waals surface area contributed by atoms with Crippen molar-refractivity contribution < 1.29 is 9.18 Å². The monoisotopic (exact) mass is 363 g/mol. The highest BCUT2D eigenvalue weighted by Crippen LogP contribution is 2.07. The van der Waals surface area contributed by atoms with Gasteiger partial charge in [0, 0.05) is 19.3 Å². The highest BCUT2D eigenvalue weighted by atomic mass is 19.1. The molecule has 0 unspecified atom stereocenters. The van der Waals surface area contributed by atoms with Crippen LogP contribution in [0, 0.1) is 5.82 Å². The SMILES string of the molecule is O=C(NCc1ccc(F)cc1)N(CCc1ccccc1)Cc1ccccn1. The summed E-state index contributed by atoms with van der Waals surface area (Å²) in [5, 5.41) is 2.91. The maximum Gasteiger partial charge on any atom is 0.318 e. The number of carbonyl (C=O) groups excluding carboxylic acids is 1. The van der Waals surface area contributed by atoms with Gasteiger partial charge in [0.2, 0.25) is 0 Å². The van der Waals surface area contributed by atoms with Gasteiger partial charge in [-0.2, -0.15) is 0 Å². The summed E-state index contributed by atoms with van der Waals surface area (Å²) in [6.07, 6.45) is 2.48. The first-order chi connectivity index (χ1) is 13.2. The molecule has 0 aliphatic rings. The minimum Gasteiger partial charge on any atom is -0.334 e. The van der Waals surface area contributed by atoms with Crippen molar-refractivity contribution in [3.63, 3.8) is 0 Å². The van der Waals surface area contributed by atoms with Crippen LogP contribution in [0.1, 0.15) is 16.8 Å². The molecule has 3 aromatic rings. The molecule has 0 radical (unpaired) electrons. The Hall–Kier alpha value is -3.21. The van der Waals surface area contributed by atoms with E-state index in [1.807, 2.05) is 36.4 Å². The highest BCUT2D eigenvalue weighted by molar-refractivity contribution is 5.74. The van der Waals surface area contributed by atoms with Gasteiger partial charge in [0.1, 0.15) is 5.82 Å². The van der Waals surface area contributed by atoms with Crippen molar-refractivity contribution in [2.45, 2.75) is 19.5 Å². The molecule has 0 aliphatic heterocycles. The predicted octanol–water partition coefficient (Wildman–Crippen LogP) is 4.18. The second-order valence-corrected chi connectivity index (χ2v) is 6.26. The third-order valence-electron chi connectivity index (χ3n) is 4.24. The molecule has 138 valence electrons. The molecule has 1 heterocycles. The van der Waals surface area contributed by atoms with E-state index in [0.717, 1.165) is 17.7 Å².